The van der Waals surface area contributed by atoms with Crippen molar-refractivity contribution in [3.05, 3.63) is 35.4 Å². The highest BCUT2D eigenvalue weighted by molar-refractivity contribution is 7.88. The van der Waals surface area contributed by atoms with Crippen LogP contribution in [0.3, 0.4) is 0 Å². The first-order chi connectivity index (χ1) is 10.0. The molecule has 0 aliphatic carbocycles. The summed E-state index contributed by atoms with van der Waals surface area (Å²) in [6.07, 6.45) is 2.39. The van der Waals surface area contributed by atoms with Crippen molar-refractivity contribution in [2.24, 2.45) is 0 Å². The van der Waals surface area contributed by atoms with Gasteiger partial charge in [0, 0.05) is 38.8 Å². The SMILES string of the molecule is CS(=O)(=O)N1CCN(CC2NCCc3ccccc32)CC1. The summed E-state index contributed by atoms with van der Waals surface area (Å²) in [6, 6.07) is 8.98. The van der Waals surface area contributed by atoms with Crippen LogP contribution in [0.25, 0.3) is 0 Å². The van der Waals surface area contributed by atoms with Crippen LogP contribution in [0, 0.1) is 0 Å². The molecule has 1 unspecified atom stereocenters. The molecule has 6 heteroatoms. The van der Waals surface area contributed by atoms with Crippen molar-refractivity contribution in [3.63, 3.8) is 0 Å². The number of piperazine rings is 1. The zero-order valence-corrected chi connectivity index (χ0v) is 13.3. The normalized spacial score (nSPS) is 24.7. The third kappa shape index (κ3) is 3.45. The van der Waals surface area contributed by atoms with E-state index in [9.17, 15) is 8.42 Å². The second-order valence-corrected chi connectivity index (χ2v) is 7.90. The van der Waals surface area contributed by atoms with Gasteiger partial charge in [-0.3, -0.25) is 4.90 Å². The molecule has 0 radical (unpaired) electrons. The molecule has 2 aliphatic rings. The van der Waals surface area contributed by atoms with Gasteiger partial charge in [-0.1, -0.05) is 24.3 Å². The van der Waals surface area contributed by atoms with E-state index >= 15 is 0 Å². The number of nitrogens with zero attached hydrogens (tertiary/aromatic N) is 2. The predicted molar refractivity (Wildman–Crippen MR) is 83.7 cm³/mol. The van der Waals surface area contributed by atoms with E-state index in [0.717, 1.165) is 32.6 Å². The van der Waals surface area contributed by atoms with E-state index in [0.29, 0.717) is 19.1 Å². The quantitative estimate of drug-likeness (QED) is 0.881. The minimum Gasteiger partial charge on any atom is -0.309 e. The molecule has 21 heavy (non-hydrogen) atoms. The smallest absolute Gasteiger partial charge is 0.211 e. The molecule has 1 fully saturated rings. The number of sulfonamides is 1. The minimum absolute atomic E-state index is 0.361. The lowest BCUT2D eigenvalue weighted by molar-refractivity contribution is 0.171. The molecule has 0 aromatic heterocycles. The number of fused-ring (bicyclic) bond motifs is 1. The van der Waals surface area contributed by atoms with Crippen molar-refractivity contribution in [1.29, 1.82) is 0 Å². The first-order valence-corrected chi connectivity index (χ1v) is 9.37. The van der Waals surface area contributed by atoms with Crippen LogP contribution in [-0.2, 0) is 16.4 Å². The van der Waals surface area contributed by atoms with Crippen LogP contribution in [0.2, 0.25) is 0 Å². The van der Waals surface area contributed by atoms with Crippen molar-refractivity contribution in [3.8, 4) is 0 Å². The summed E-state index contributed by atoms with van der Waals surface area (Å²) in [5, 5.41) is 3.59. The lowest BCUT2D eigenvalue weighted by Gasteiger charge is -2.37. The molecule has 2 aliphatic heterocycles. The van der Waals surface area contributed by atoms with Crippen LogP contribution >= 0.6 is 0 Å². The molecule has 0 amide bonds. The fourth-order valence-corrected chi connectivity index (χ4v) is 4.08. The van der Waals surface area contributed by atoms with Crippen molar-refractivity contribution in [1.82, 2.24) is 14.5 Å². The summed E-state index contributed by atoms with van der Waals surface area (Å²) in [7, 11) is -3.04. The van der Waals surface area contributed by atoms with Gasteiger partial charge in [-0.25, -0.2) is 8.42 Å². The molecule has 1 atom stereocenters. The Balaban J connectivity index is 1.62. The number of hydrogen-bond acceptors (Lipinski definition) is 4. The van der Waals surface area contributed by atoms with Crippen molar-refractivity contribution in [2.45, 2.75) is 12.5 Å². The highest BCUT2D eigenvalue weighted by Crippen LogP contribution is 2.23. The Kier molecular flexibility index (Phi) is 4.31. The van der Waals surface area contributed by atoms with E-state index < -0.39 is 10.0 Å². The molecular formula is C15H23N3O2S. The van der Waals surface area contributed by atoms with Gasteiger partial charge in [-0.2, -0.15) is 4.31 Å². The molecule has 2 heterocycles. The monoisotopic (exact) mass is 309 g/mol. The molecule has 1 aromatic carbocycles. The van der Waals surface area contributed by atoms with Gasteiger partial charge in [-0.05, 0) is 24.1 Å². The van der Waals surface area contributed by atoms with Crippen molar-refractivity contribution in [2.75, 3.05) is 45.5 Å². The zero-order valence-electron chi connectivity index (χ0n) is 12.5. The third-order valence-electron chi connectivity index (χ3n) is 4.46. The van der Waals surface area contributed by atoms with Crippen LogP contribution in [0.15, 0.2) is 24.3 Å². The molecule has 0 bridgehead atoms. The maximum atomic E-state index is 11.5. The fraction of sp³-hybridized carbons (Fsp3) is 0.600. The Morgan fingerprint density at radius 2 is 1.90 bits per heavy atom. The summed E-state index contributed by atoms with van der Waals surface area (Å²) in [5.74, 6) is 0. The topological polar surface area (TPSA) is 52.7 Å². The third-order valence-corrected chi connectivity index (χ3v) is 5.76. The van der Waals surface area contributed by atoms with Gasteiger partial charge in [0.15, 0.2) is 0 Å². The van der Waals surface area contributed by atoms with Gasteiger partial charge < -0.3 is 5.32 Å². The summed E-state index contributed by atoms with van der Waals surface area (Å²) in [4.78, 5) is 2.36. The average molecular weight is 309 g/mol. The van der Waals surface area contributed by atoms with E-state index in [1.807, 2.05) is 0 Å². The molecular weight excluding hydrogens is 286 g/mol. The Morgan fingerprint density at radius 3 is 2.62 bits per heavy atom. The molecule has 0 spiro atoms. The molecule has 116 valence electrons. The Hall–Kier alpha value is -0.950. The van der Waals surface area contributed by atoms with Gasteiger partial charge in [0.25, 0.3) is 0 Å². The molecule has 5 nitrogen and oxygen atoms in total. The highest BCUT2D eigenvalue weighted by Gasteiger charge is 2.26. The first-order valence-electron chi connectivity index (χ1n) is 7.53. The number of nitrogens with one attached hydrogen (secondary N) is 1. The van der Waals surface area contributed by atoms with E-state index in [1.54, 1.807) is 4.31 Å². The van der Waals surface area contributed by atoms with Crippen LogP contribution < -0.4 is 5.32 Å². The van der Waals surface area contributed by atoms with Crippen LogP contribution in [0.4, 0.5) is 0 Å². The molecule has 0 saturated carbocycles. The lowest BCUT2D eigenvalue weighted by Crippen LogP contribution is -2.50. The second kappa shape index (κ2) is 6.04. The highest BCUT2D eigenvalue weighted by atomic mass is 32.2. The van der Waals surface area contributed by atoms with Gasteiger partial charge in [0.2, 0.25) is 10.0 Å². The molecule has 3 rings (SSSR count). The molecule has 1 N–H and O–H groups in total. The number of benzene rings is 1. The Labute approximate surface area is 127 Å². The van der Waals surface area contributed by atoms with Crippen LogP contribution in [0.1, 0.15) is 17.2 Å². The fourth-order valence-electron chi connectivity index (χ4n) is 3.26. The molecule has 1 saturated heterocycles. The Morgan fingerprint density at radius 1 is 1.19 bits per heavy atom. The van der Waals surface area contributed by atoms with Crippen molar-refractivity contribution >= 4 is 10.0 Å². The number of hydrogen-bond donors (Lipinski definition) is 1. The Bertz CT molecular complexity index is 595. The van der Waals surface area contributed by atoms with Crippen LogP contribution in [-0.4, -0.2) is 63.1 Å². The predicted octanol–water partition coefficient (Wildman–Crippen LogP) is 0.451. The number of rotatable bonds is 3. The summed E-state index contributed by atoms with van der Waals surface area (Å²) in [5.41, 5.74) is 2.84. The first kappa shape index (κ1) is 15.0. The van der Waals surface area contributed by atoms with E-state index in [1.165, 1.54) is 17.4 Å². The largest absolute Gasteiger partial charge is 0.309 e. The van der Waals surface area contributed by atoms with E-state index in [-0.39, 0.29) is 0 Å². The maximum absolute atomic E-state index is 11.5. The average Bonchev–Trinajstić information content (AvgIpc) is 2.47. The van der Waals surface area contributed by atoms with E-state index in [4.69, 9.17) is 0 Å². The maximum Gasteiger partial charge on any atom is 0.211 e. The van der Waals surface area contributed by atoms with E-state index in [2.05, 4.69) is 34.5 Å². The van der Waals surface area contributed by atoms with Gasteiger partial charge in [-0.15, -0.1) is 0 Å². The zero-order chi connectivity index (χ0) is 14.9. The van der Waals surface area contributed by atoms with Crippen LogP contribution in [0.5, 0.6) is 0 Å². The minimum atomic E-state index is -3.04. The molecule has 1 aromatic rings. The lowest BCUT2D eigenvalue weighted by atomic mass is 9.94. The summed E-state index contributed by atoms with van der Waals surface area (Å²) >= 11 is 0. The summed E-state index contributed by atoms with van der Waals surface area (Å²) < 4.78 is 24.7. The second-order valence-electron chi connectivity index (χ2n) is 5.92. The summed E-state index contributed by atoms with van der Waals surface area (Å²) in [6.45, 7) is 4.81. The van der Waals surface area contributed by atoms with Gasteiger partial charge >= 0.3 is 0 Å². The van der Waals surface area contributed by atoms with Gasteiger partial charge in [0.05, 0.1) is 6.26 Å². The standard InChI is InChI=1S/C15H23N3O2S/c1-21(19,20)18-10-8-17(9-11-18)12-15-14-5-3-2-4-13(14)6-7-16-15/h2-5,15-16H,6-12H2,1H3. The van der Waals surface area contributed by atoms with Crippen molar-refractivity contribution < 1.29 is 8.42 Å². The van der Waals surface area contributed by atoms with Gasteiger partial charge in [0.1, 0.15) is 0 Å².